The van der Waals surface area contributed by atoms with Crippen molar-refractivity contribution in [2.24, 2.45) is 5.10 Å². The number of nitro benzene ring substituents is 1. The van der Waals surface area contributed by atoms with E-state index < -0.39 is 72.7 Å². The smallest absolute Gasteiger partial charge is 0.384 e. The van der Waals surface area contributed by atoms with E-state index in [0.717, 1.165) is 24.4 Å². The number of amides is 4. The first kappa shape index (κ1) is 44.8. The topological polar surface area (TPSA) is 281 Å². The number of aromatic nitrogens is 1. The highest BCUT2D eigenvalue weighted by Gasteiger charge is 2.60. The summed E-state index contributed by atoms with van der Waals surface area (Å²) in [6.07, 6.45) is -0.937. The largest absolute Gasteiger partial charge is 0.469 e. The standard InChI is InChI=1S/C37H38F2N7O13P/c1-21-7-14-31(48)44(21)16-5-3-4-6-30(47)40-25-12-13-27(28(18-25)46(53)54)35(52)43-42-22(2)23-8-10-24(11-9-23)34(51)41-26-15-17-45(32(49)19-26)36-37(38,39)33(50)29(59-36)20-58-60(55,56)57/h7-15,17-19,29,33,36,50H,1,3-6,16,20H2,2H3,(H,40,47)(H,41,51)(H,43,52)(H2,55,56,57)/b42-22+/t29-,33?,36-/m1/s1. The number of phosphoric acid groups is 1. The molecule has 2 aliphatic heterocycles. The SMILES string of the molecule is C=C1C=CC(=O)N1CCCCCC(=O)Nc1ccc(C(=O)N/N=C(\C)c2ccc(C(=O)Nc3ccn([C@@H]4O[C@H](COP(=O)(O)O)C(O)C4(F)F)c(=O)c3)cc2)c([N+](=O)[O-])c1. The summed E-state index contributed by atoms with van der Waals surface area (Å²) >= 11 is 0. The van der Waals surface area contributed by atoms with Crippen molar-refractivity contribution in [3.05, 3.63) is 122 Å². The van der Waals surface area contributed by atoms with Gasteiger partial charge in [-0.1, -0.05) is 25.1 Å². The molecule has 1 fully saturated rings. The van der Waals surface area contributed by atoms with E-state index >= 15 is 0 Å². The number of halogens is 2. The molecule has 3 heterocycles. The minimum absolute atomic E-state index is 0.0869. The van der Waals surface area contributed by atoms with E-state index in [2.05, 4.69) is 32.3 Å². The van der Waals surface area contributed by atoms with E-state index in [4.69, 9.17) is 14.5 Å². The van der Waals surface area contributed by atoms with Crippen LogP contribution in [0.15, 0.2) is 95.1 Å². The summed E-state index contributed by atoms with van der Waals surface area (Å²) in [7, 11) is -5.08. The molecular weight excluding hydrogens is 819 g/mol. The van der Waals surface area contributed by atoms with Crippen LogP contribution in [0.25, 0.3) is 0 Å². The normalized spacial score (nSPS) is 18.7. The number of aliphatic hydroxyl groups excluding tert-OH is 1. The Morgan fingerprint density at radius 1 is 1.00 bits per heavy atom. The molecule has 0 spiro atoms. The Morgan fingerprint density at radius 2 is 1.68 bits per heavy atom. The Balaban J connectivity index is 1.13. The van der Waals surface area contributed by atoms with Gasteiger partial charge in [-0.15, -0.1) is 0 Å². The molecule has 6 N–H and O–H groups in total. The van der Waals surface area contributed by atoms with Crippen molar-refractivity contribution < 1.29 is 61.6 Å². The van der Waals surface area contributed by atoms with Gasteiger partial charge in [0.1, 0.15) is 11.7 Å². The fourth-order valence-corrected chi connectivity index (χ4v) is 6.36. The molecule has 3 aromatic rings. The molecule has 1 unspecified atom stereocenters. The highest BCUT2D eigenvalue weighted by atomic mass is 31.2. The summed E-state index contributed by atoms with van der Waals surface area (Å²) in [6.45, 7) is 4.69. The quantitative estimate of drug-likeness (QED) is 0.0373. The maximum atomic E-state index is 14.8. The number of allylic oxidation sites excluding steroid dienone is 1. The summed E-state index contributed by atoms with van der Waals surface area (Å²) in [5, 5.41) is 30.8. The van der Waals surface area contributed by atoms with Crippen molar-refractivity contribution in [2.45, 2.75) is 57.0 Å². The van der Waals surface area contributed by atoms with Gasteiger partial charge in [-0.3, -0.25) is 43.2 Å². The highest BCUT2D eigenvalue weighted by Crippen LogP contribution is 2.44. The number of phosphoric ester groups is 1. The minimum atomic E-state index is -5.08. The predicted octanol–water partition coefficient (Wildman–Crippen LogP) is 3.58. The first-order valence-electron chi connectivity index (χ1n) is 17.9. The second kappa shape index (κ2) is 18.7. The third kappa shape index (κ3) is 11.0. The molecule has 0 radical (unpaired) electrons. The molecular formula is C37H38F2N7O13P. The Labute approximate surface area is 338 Å². The number of nitrogens with zero attached hydrogens (tertiary/aromatic N) is 4. The number of pyridine rings is 1. The number of anilines is 2. The number of alkyl halides is 2. The summed E-state index contributed by atoms with van der Waals surface area (Å²) < 4.78 is 50.1. The maximum absolute atomic E-state index is 14.8. The van der Waals surface area contributed by atoms with Crippen LogP contribution in [-0.4, -0.2) is 89.9 Å². The summed E-state index contributed by atoms with van der Waals surface area (Å²) in [6, 6.07) is 11.2. The van der Waals surface area contributed by atoms with Gasteiger partial charge in [0.2, 0.25) is 12.1 Å². The van der Waals surface area contributed by atoms with Gasteiger partial charge >= 0.3 is 13.7 Å². The summed E-state index contributed by atoms with van der Waals surface area (Å²) in [4.78, 5) is 93.1. The van der Waals surface area contributed by atoms with Gasteiger partial charge in [-0.05, 0) is 61.7 Å². The van der Waals surface area contributed by atoms with Crippen LogP contribution in [0.4, 0.5) is 25.8 Å². The van der Waals surface area contributed by atoms with Gasteiger partial charge in [-0.2, -0.15) is 13.9 Å². The Hall–Kier alpha value is -6.29. The number of carbonyl (C=O) groups is 4. The predicted molar refractivity (Wildman–Crippen MR) is 208 cm³/mol. The van der Waals surface area contributed by atoms with Gasteiger partial charge < -0.3 is 35.2 Å². The number of nitro groups is 1. The molecule has 20 nitrogen and oxygen atoms in total. The van der Waals surface area contributed by atoms with Crippen molar-refractivity contribution in [1.29, 1.82) is 0 Å². The van der Waals surface area contributed by atoms with E-state index in [1.807, 2.05) is 0 Å². The fraction of sp³-hybridized carbons (Fsp3) is 0.297. The average molecular weight is 858 g/mol. The van der Waals surface area contributed by atoms with Gasteiger partial charge in [-0.25, -0.2) is 9.99 Å². The number of nitrogens with one attached hydrogen (secondary N) is 3. The molecule has 3 atom stereocenters. The van der Waals surface area contributed by atoms with Crippen molar-refractivity contribution in [1.82, 2.24) is 14.9 Å². The minimum Gasteiger partial charge on any atom is -0.384 e. The number of hydrogen-bond donors (Lipinski definition) is 6. The van der Waals surface area contributed by atoms with E-state index in [9.17, 15) is 52.5 Å². The zero-order valence-electron chi connectivity index (χ0n) is 31.5. The van der Waals surface area contributed by atoms with Crippen molar-refractivity contribution >= 4 is 54.2 Å². The van der Waals surface area contributed by atoms with Crippen LogP contribution in [-0.2, 0) is 23.4 Å². The number of benzene rings is 2. The second-order valence-corrected chi connectivity index (χ2v) is 14.7. The number of hydrazone groups is 1. The van der Waals surface area contributed by atoms with E-state index in [1.165, 1.54) is 49.4 Å². The van der Waals surface area contributed by atoms with Crippen LogP contribution < -0.4 is 21.6 Å². The van der Waals surface area contributed by atoms with E-state index in [0.29, 0.717) is 41.6 Å². The number of carbonyl (C=O) groups excluding carboxylic acids is 4. The van der Waals surface area contributed by atoms with Crippen LogP contribution in [0.3, 0.4) is 0 Å². The molecule has 4 amide bonds. The lowest BCUT2D eigenvalue weighted by molar-refractivity contribution is -0.385. The Bertz CT molecular complexity index is 2350. The zero-order valence-corrected chi connectivity index (χ0v) is 32.4. The van der Waals surface area contributed by atoms with Crippen LogP contribution in [0, 0.1) is 10.1 Å². The first-order chi connectivity index (χ1) is 28.2. The molecule has 5 rings (SSSR count). The maximum Gasteiger partial charge on any atom is 0.469 e. The highest BCUT2D eigenvalue weighted by molar-refractivity contribution is 7.46. The fourth-order valence-electron chi connectivity index (χ4n) is 6.01. The second-order valence-electron chi connectivity index (χ2n) is 13.4. The molecule has 1 aromatic heterocycles. The Morgan fingerprint density at radius 3 is 2.32 bits per heavy atom. The molecule has 2 aliphatic rings. The van der Waals surface area contributed by atoms with E-state index in [-0.39, 0.29) is 40.5 Å². The van der Waals surface area contributed by atoms with Gasteiger partial charge in [0.15, 0.2) is 6.10 Å². The van der Waals surface area contributed by atoms with Crippen LogP contribution in [0.5, 0.6) is 0 Å². The monoisotopic (exact) mass is 857 g/mol. The molecule has 0 aliphatic carbocycles. The molecule has 23 heteroatoms. The van der Waals surface area contributed by atoms with Crippen LogP contribution in [0.1, 0.15) is 65.1 Å². The number of hydrogen-bond acceptors (Lipinski definition) is 12. The van der Waals surface area contributed by atoms with Crippen LogP contribution >= 0.6 is 7.82 Å². The summed E-state index contributed by atoms with van der Waals surface area (Å²) in [5.74, 6) is -6.23. The molecule has 1 saturated heterocycles. The lowest BCUT2D eigenvalue weighted by atomic mass is 10.1. The van der Waals surface area contributed by atoms with Gasteiger partial charge in [0.25, 0.3) is 29.0 Å². The zero-order chi connectivity index (χ0) is 43.9. The lowest BCUT2D eigenvalue weighted by Gasteiger charge is -2.21. The van der Waals surface area contributed by atoms with Crippen molar-refractivity contribution in [3.63, 3.8) is 0 Å². The molecule has 0 saturated carbocycles. The number of rotatable bonds is 17. The van der Waals surface area contributed by atoms with Crippen LogP contribution in [0.2, 0.25) is 0 Å². The van der Waals surface area contributed by atoms with Gasteiger partial charge in [0.05, 0.1) is 17.2 Å². The Kier molecular flexibility index (Phi) is 14.0. The van der Waals surface area contributed by atoms with Gasteiger partial charge in [0, 0.05) is 60.0 Å². The molecule has 318 valence electrons. The summed E-state index contributed by atoms with van der Waals surface area (Å²) in [5.41, 5.74) is 1.63. The lowest BCUT2D eigenvalue weighted by Crippen LogP contribution is -2.41. The first-order valence-corrected chi connectivity index (χ1v) is 19.4. The number of ether oxygens (including phenoxy) is 1. The number of aliphatic hydroxyl groups is 1. The van der Waals surface area contributed by atoms with Crippen molar-refractivity contribution in [2.75, 3.05) is 23.8 Å². The van der Waals surface area contributed by atoms with E-state index in [1.54, 1.807) is 11.0 Å². The third-order valence-electron chi connectivity index (χ3n) is 9.17. The van der Waals surface area contributed by atoms with Crippen molar-refractivity contribution in [3.8, 4) is 0 Å². The molecule has 0 bridgehead atoms. The molecule has 60 heavy (non-hydrogen) atoms. The third-order valence-corrected chi connectivity index (χ3v) is 9.66. The number of unbranched alkanes of at least 4 members (excludes halogenated alkanes) is 2. The average Bonchev–Trinajstić information content (AvgIpc) is 3.63. The molecule has 2 aromatic carbocycles.